The van der Waals surface area contributed by atoms with Crippen molar-refractivity contribution < 1.29 is 0 Å². The van der Waals surface area contributed by atoms with Crippen molar-refractivity contribution in [3.05, 3.63) is 81.8 Å². The lowest BCUT2D eigenvalue weighted by Gasteiger charge is -2.35. The van der Waals surface area contributed by atoms with Crippen molar-refractivity contribution in [2.75, 3.05) is 0 Å². The summed E-state index contributed by atoms with van der Waals surface area (Å²) < 4.78 is 0. The molecule has 0 saturated heterocycles. The van der Waals surface area contributed by atoms with Crippen LogP contribution < -0.4 is 0 Å². The second kappa shape index (κ2) is 9.65. The molecule has 1 heteroatoms. The molecule has 28 heavy (non-hydrogen) atoms. The minimum atomic E-state index is 0.260. The Morgan fingerprint density at radius 2 is 1.71 bits per heavy atom. The van der Waals surface area contributed by atoms with Crippen molar-refractivity contribution in [1.82, 2.24) is 0 Å². The number of thiol groups is 1. The van der Waals surface area contributed by atoms with Crippen LogP contribution in [-0.4, -0.2) is 0 Å². The Kier molecular flexibility index (Phi) is 7.78. The van der Waals surface area contributed by atoms with Crippen LogP contribution in [0.15, 0.2) is 48.4 Å². The van der Waals surface area contributed by atoms with Gasteiger partial charge in [-0.05, 0) is 98.1 Å². The van der Waals surface area contributed by atoms with E-state index in [2.05, 4.69) is 65.7 Å². The van der Waals surface area contributed by atoms with Crippen molar-refractivity contribution in [3.63, 3.8) is 0 Å². The van der Waals surface area contributed by atoms with Crippen LogP contribution in [0.3, 0.4) is 0 Å². The fraction of sp³-hybridized carbons (Fsp3) is 0.407. The summed E-state index contributed by atoms with van der Waals surface area (Å²) in [5, 5.41) is 0. The van der Waals surface area contributed by atoms with Gasteiger partial charge in [-0.1, -0.05) is 62.6 Å². The molecule has 0 spiro atoms. The van der Waals surface area contributed by atoms with Crippen molar-refractivity contribution in [2.24, 2.45) is 5.41 Å². The maximum absolute atomic E-state index is 4.76. The van der Waals surface area contributed by atoms with Crippen LogP contribution in [0.5, 0.6) is 0 Å². The van der Waals surface area contributed by atoms with Crippen LogP contribution in [0.1, 0.15) is 72.4 Å². The van der Waals surface area contributed by atoms with Gasteiger partial charge in [-0.3, -0.25) is 0 Å². The Morgan fingerprint density at radius 3 is 2.29 bits per heavy atom. The monoisotopic (exact) mass is 392 g/mol. The number of benzene rings is 1. The molecule has 150 valence electrons. The molecule has 1 aromatic rings. The first-order valence-electron chi connectivity index (χ1n) is 10.4. The topological polar surface area (TPSA) is 0 Å². The molecule has 0 bridgehead atoms. The van der Waals surface area contributed by atoms with E-state index in [1.54, 1.807) is 0 Å². The Hall–Kier alpha value is -1.73. The maximum atomic E-state index is 4.76. The predicted octanol–water partition coefficient (Wildman–Crippen LogP) is 8.34. The largest absolute Gasteiger partial charge is 0.144 e. The van der Waals surface area contributed by atoms with Crippen LogP contribution in [0.25, 0.3) is 12.2 Å². The van der Waals surface area contributed by atoms with E-state index in [0.717, 1.165) is 24.2 Å². The average molecular weight is 393 g/mol. The van der Waals surface area contributed by atoms with E-state index in [1.807, 2.05) is 12.2 Å². The Bertz CT molecular complexity index is 835. The fourth-order valence-corrected chi connectivity index (χ4v) is 4.75. The molecule has 2 rings (SSSR count). The molecule has 0 radical (unpaired) electrons. The van der Waals surface area contributed by atoms with Crippen LogP contribution in [0.2, 0.25) is 0 Å². The molecule has 1 saturated carbocycles. The quantitative estimate of drug-likeness (QED) is 0.269. The molecule has 1 unspecified atom stereocenters. The second-order valence-electron chi connectivity index (χ2n) is 8.25. The van der Waals surface area contributed by atoms with Gasteiger partial charge in [0.15, 0.2) is 0 Å². The van der Waals surface area contributed by atoms with Gasteiger partial charge in [0.05, 0.1) is 0 Å². The molecule has 1 atom stereocenters. The van der Waals surface area contributed by atoms with E-state index in [4.69, 9.17) is 12.6 Å². The van der Waals surface area contributed by atoms with Crippen molar-refractivity contribution in [3.8, 4) is 0 Å². The van der Waals surface area contributed by atoms with E-state index in [9.17, 15) is 0 Å². The van der Waals surface area contributed by atoms with Crippen molar-refractivity contribution in [2.45, 2.75) is 66.2 Å². The molecule has 1 aliphatic rings. The van der Waals surface area contributed by atoms with Gasteiger partial charge in [0.1, 0.15) is 0 Å². The normalized spacial score (nSPS) is 20.6. The standard InChI is InChI=1S/C27H36S/c1-8-24-20(5)21(6)25(9-2)26(22(24)7)14-13-23(28)15-17-27(10-3)16-11-12-19(4)18-27/h8-9,13,15,17,28H,1-2,4,10-12,14,16,18H2,3,5-7H3/b17-15+,23-13-. The highest BCUT2D eigenvalue weighted by atomic mass is 32.1. The minimum Gasteiger partial charge on any atom is -0.144 e. The van der Waals surface area contributed by atoms with Gasteiger partial charge >= 0.3 is 0 Å². The van der Waals surface area contributed by atoms with Crippen molar-refractivity contribution >= 4 is 24.8 Å². The maximum Gasteiger partial charge on any atom is 0.0000388 e. The average Bonchev–Trinajstić information content (AvgIpc) is 2.68. The molecular formula is C27H36S. The van der Waals surface area contributed by atoms with Gasteiger partial charge < -0.3 is 0 Å². The van der Waals surface area contributed by atoms with Crippen LogP contribution in [-0.2, 0) is 6.42 Å². The van der Waals surface area contributed by atoms with E-state index < -0.39 is 0 Å². The number of hydrogen-bond acceptors (Lipinski definition) is 1. The fourth-order valence-electron chi connectivity index (χ4n) is 4.59. The molecule has 1 aliphatic carbocycles. The van der Waals surface area contributed by atoms with E-state index >= 15 is 0 Å². The highest BCUT2D eigenvalue weighted by Crippen LogP contribution is 2.42. The molecular weight excluding hydrogens is 356 g/mol. The van der Waals surface area contributed by atoms with E-state index in [-0.39, 0.29) is 5.41 Å². The van der Waals surface area contributed by atoms with Gasteiger partial charge in [-0.2, -0.15) is 0 Å². The summed E-state index contributed by atoms with van der Waals surface area (Å²) in [6, 6.07) is 0. The molecule has 0 aromatic heterocycles. The molecule has 0 nitrogen and oxygen atoms in total. The third-order valence-electron chi connectivity index (χ3n) is 6.59. The molecule has 0 amide bonds. The molecule has 0 aliphatic heterocycles. The molecule has 0 N–H and O–H groups in total. The molecule has 0 heterocycles. The Balaban J connectivity index is 2.30. The highest BCUT2D eigenvalue weighted by molar-refractivity contribution is 7.84. The molecule has 1 fully saturated rings. The lowest BCUT2D eigenvalue weighted by Crippen LogP contribution is -2.21. The van der Waals surface area contributed by atoms with Gasteiger partial charge in [-0.15, -0.1) is 12.6 Å². The Labute approximate surface area is 178 Å². The zero-order valence-corrected chi connectivity index (χ0v) is 19.1. The van der Waals surface area contributed by atoms with Crippen molar-refractivity contribution in [1.29, 1.82) is 0 Å². The highest BCUT2D eigenvalue weighted by Gasteiger charge is 2.28. The van der Waals surface area contributed by atoms with Gasteiger partial charge in [-0.25, -0.2) is 0 Å². The van der Waals surface area contributed by atoms with E-state index in [1.165, 1.54) is 58.2 Å². The van der Waals surface area contributed by atoms with Crippen LogP contribution in [0.4, 0.5) is 0 Å². The van der Waals surface area contributed by atoms with Crippen LogP contribution >= 0.6 is 12.6 Å². The third-order valence-corrected chi connectivity index (χ3v) is 6.93. The van der Waals surface area contributed by atoms with Gasteiger partial charge in [0.2, 0.25) is 0 Å². The summed E-state index contributed by atoms with van der Waals surface area (Å²) in [5.41, 5.74) is 9.34. The zero-order chi connectivity index (χ0) is 20.9. The summed E-state index contributed by atoms with van der Waals surface area (Å²) in [5.74, 6) is 0. The second-order valence-corrected chi connectivity index (χ2v) is 8.77. The number of allylic oxidation sites excluding steroid dienone is 4. The first-order chi connectivity index (χ1) is 13.3. The number of rotatable bonds is 7. The van der Waals surface area contributed by atoms with Gasteiger partial charge in [0.25, 0.3) is 0 Å². The minimum absolute atomic E-state index is 0.260. The first kappa shape index (κ1) is 22.6. The summed E-state index contributed by atoms with van der Waals surface area (Å²) in [7, 11) is 0. The smallest absolute Gasteiger partial charge is 0.0000388 e. The lowest BCUT2D eigenvalue weighted by atomic mass is 9.70. The summed E-state index contributed by atoms with van der Waals surface area (Å²) in [6.45, 7) is 21.1. The third kappa shape index (κ3) is 4.81. The SMILES string of the molecule is C=Cc1c(C)c(C)c(C=C)c(C/C=C(S)/C=C/C2(CC)CCCC(=C)C2)c1C. The lowest BCUT2D eigenvalue weighted by molar-refractivity contribution is 0.293. The van der Waals surface area contributed by atoms with Gasteiger partial charge in [0, 0.05) is 4.91 Å². The number of hydrogen-bond donors (Lipinski definition) is 1. The molecule has 1 aromatic carbocycles. The van der Waals surface area contributed by atoms with Crippen LogP contribution in [0, 0.1) is 26.2 Å². The zero-order valence-electron chi connectivity index (χ0n) is 18.2. The summed E-state index contributed by atoms with van der Waals surface area (Å²) in [4.78, 5) is 1.02. The Morgan fingerprint density at radius 1 is 1.07 bits per heavy atom. The first-order valence-corrected chi connectivity index (χ1v) is 10.9. The summed E-state index contributed by atoms with van der Waals surface area (Å²) >= 11 is 4.76. The van der Waals surface area contributed by atoms with E-state index in [0.29, 0.717) is 0 Å². The summed E-state index contributed by atoms with van der Waals surface area (Å²) in [6.07, 6.45) is 17.6. The predicted molar refractivity (Wildman–Crippen MR) is 131 cm³/mol.